The van der Waals surface area contributed by atoms with Crippen molar-refractivity contribution in [2.24, 2.45) is 0 Å². The maximum absolute atomic E-state index is 3.29. The lowest BCUT2D eigenvalue weighted by atomic mass is 10.2. The Kier molecular flexibility index (Phi) is 3.44. The summed E-state index contributed by atoms with van der Waals surface area (Å²) >= 11 is 0. The van der Waals surface area contributed by atoms with Crippen LogP contribution in [0.2, 0.25) is 25.2 Å². The smallest absolute Gasteiger partial charge is 0.0730 e. The topological polar surface area (TPSA) is 0 Å². The zero-order chi connectivity index (χ0) is 8.86. The van der Waals surface area contributed by atoms with Gasteiger partial charge in [0, 0.05) is 24.9 Å². The first-order valence-electron chi connectivity index (χ1n) is 4.62. The lowest BCUT2D eigenvalue weighted by molar-refractivity contribution is 0.902. The van der Waals surface area contributed by atoms with Crippen LogP contribution >= 0.6 is 0 Å². The molecule has 0 aromatic carbocycles. The lowest BCUT2D eigenvalue weighted by Crippen LogP contribution is -2.23. The molecule has 1 rings (SSSR count). The minimum Gasteiger partial charge on any atom is -0.106 e. The van der Waals surface area contributed by atoms with E-state index in [1.54, 1.807) is 0 Å². The van der Waals surface area contributed by atoms with Gasteiger partial charge in [-0.05, 0) is 6.42 Å². The summed E-state index contributed by atoms with van der Waals surface area (Å²) in [6.45, 7) is 4.75. The summed E-state index contributed by atoms with van der Waals surface area (Å²) in [5, 5.41) is 0. The molecule has 12 heavy (non-hydrogen) atoms. The summed E-state index contributed by atoms with van der Waals surface area (Å²) in [6, 6.07) is 2.25. The Labute approximate surface area is 76.8 Å². The first-order chi connectivity index (χ1) is 5.71. The maximum atomic E-state index is 3.29. The van der Waals surface area contributed by atoms with Crippen LogP contribution in [0.25, 0.3) is 0 Å². The maximum Gasteiger partial charge on any atom is 0.0730 e. The molecule has 0 radical (unpaired) electrons. The highest BCUT2D eigenvalue weighted by Crippen LogP contribution is 2.13. The van der Waals surface area contributed by atoms with E-state index in [2.05, 4.69) is 36.8 Å². The summed E-state index contributed by atoms with van der Waals surface area (Å²) in [7, 11) is -1.07. The van der Waals surface area contributed by atoms with Crippen molar-refractivity contribution in [1.82, 2.24) is 0 Å². The molecule has 0 saturated heterocycles. The van der Waals surface area contributed by atoms with Crippen LogP contribution in [0.15, 0.2) is 0 Å². The Hall–Kier alpha value is -0.663. The second kappa shape index (κ2) is 4.38. The Morgan fingerprint density at radius 1 is 0.833 bits per heavy atom. The van der Waals surface area contributed by atoms with Crippen LogP contribution < -0.4 is 0 Å². The van der Waals surface area contributed by atoms with Crippen LogP contribution in [-0.4, -0.2) is 8.07 Å². The Balaban J connectivity index is 2.58. The summed E-state index contributed by atoms with van der Waals surface area (Å²) < 4.78 is 0. The van der Waals surface area contributed by atoms with E-state index in [9.17, 15) is 0 Å². The van der Waals surface area contributed by atoms with Crippen LogP contribution in [0.1, 0.15) is 19.3 Å². The molecule has 0 fully saturated rings. The molecule has 1 heteroatoms. The van der Waals surface area contributed by atoms with Gasteiger partial charge in [-0.3, -0.25) is 0 Å². The van der Waals surface area contributed by atoms with Crippen molar-refractivity contribution in [3.63, 3.8) is 0 Å². The van der Waals surface area contributed by atoms with Crippen molar-refractivity contribution in [1.29, 1.82) is 0 Å². The van der Waals surface area contributed by atoms with E-state index in [0.717, 1.165) is 31.4 Å². The molecule has 0 atom stereocenters. The highest BCUT2D eigenvalue weighted by Gasteiger charge is 2.17. The van der Waals surface area contributed by atoms with Crippen molar-refractivity contribution in [2.45, 2.75) is 44.4 Å². The third-order valence-electron chi connectivity index (χ3n) is 1.99. The van der Waals surface area contributed by atoms with Gasteiger partial charge in [-0.2, -0.15) is 0 Å². The molecule has 0 amide bonds. The Morgan fingerprint density at radius 2 is 1.33 bits per heavy atom. The minimum absolute atomic E-state index is 1.04. The predicted molar refractivity (Wildman–Crippen MR) is 56.5 cm³/mol. The van der Waals surface area contributed by atoms with Gasteiger partial charge in [0.15, 0.2) is 0 Å². The quantitative estimate of drug-likeness (QED) is 0.393. The normalized spacial score (nSPS) is 21.2. The summed E-state index contributed by atoms with van der Waals surface area (Å²) in [5.41, 5.74) is 0. The average molecular weight is 176 g/mol. The monoisotopic (exact) mass is 176 g/mol. The zero-order valence-corrected chi connectivity index (χ0v) is 9.04. The molecular formula is C11H16Si. The van der Waals surface area contributed by atoms with Gasteiger partial charge in [-0.25, -0.2) is 0 Å². The van der Waals surface area contributed by atoms with Crippen molar-refractivity contribution in [3.05, 3.63) is 0 Å². The Morgan fingerprint density at radius 3 is 1.83 bits per heavy atom. The van der Waals surface area contributed by atoms with Crippen LogP contribution in [0, 0.1) is 23.7 Å². The molecule has 0 saturated carbocycles. The highest BCUT2D eigenvalue weighted by atomic mass is 28.3. The fraction of sp³-hybridized carbons (Fsp3) is 0.636. The van der Waals surface area contributed by atoms with Crippen LogP contribution in [0.3, 0.4) is 0 Å². The van der Waals surface area contributed by atoms with Crippen LogP contribution in [0.4, 0.5) is 0 Å². The summed E-state index contributed by atoms with van der Waals surface area (Å²) in [4.78, 5) is 0. The van der Waals surface area contributed by atoms with E-state index in [-0.39, 0.29) is 0 Å². The first kappa shape index (κ1) is 9.43. The number of rotatable bonds is 0. The van der Waals surface area contributed by atoms with Crippen LogP contribution in [-0.2, 0) is 0 Å². The van der Waals surface area contributed by atoms with E-state index < -0.39 is 8.07 Å². The van der Waals surface area contributed by atoms with E-state index in [1.165, 1.54) is 0 Å². The Bertz CT molecular complexity index is 228. The fourth-order valence-corrected chi connectivity index (χ4v) is 2.44. The van der Waals surface area contributed by atoms with Crippen molar-refractivity contribution < 1.29 is 0 Å². The molecule has 0 unspecified atom stereocenters. The number of hydrogen-bond acceptors (Lipinski definition) is 0. The van der Waals surface area contributed by atoms with Gasteiger partial charge in [-0.1, -0.05) is 13.1 Å². The van der Waals surface area contributed by atoms with Gasteiger partial charge in [0.25, 0.3) is 0 Å². The molecule has 0 nitrogen and oxygen atoms in total. The third kappa shape index (κ3) is 3.65. The molecule has 0 spiro atoms. The summed E-state index contributed by atoms with van der Waals surface area (Å²) in [5.74, 6) is 13.0. The van der Waals surface area contributed by atoms with Crippen molar-refractivity contribution in [2.75, 3.05) is 0 Å². The molecule has 64 valence electrons. The molecular weight excluding hydrogens is 160 g/mol. The molecule has 0 aliphatic carbocycles. The van der Waals surface area contributed by atoms with E-state index in [1.807, 2.05) is 0 Å². The van der Waals surface area contributed by atoms with Gasteiger partial charge in [0.05, 0.1) is 8.07 Å². The average Bonchev–Trinajstić information content (AvgIpc) is 2.02. The second-order valence-corrected chi connectivity index (χ2v) is 9.11. The molecule has 1 aliphatic rings. The highest BCUT2D eigenvalue weighted by molar-refractivity contribution is 6.78. The largest absolute Gasteiger partial charge is 0.106 e. The van der Waals surface area contributed by atoms with Crippen LogP contribution in [0.5, 0.6) is 0 Å². The summed E-state index contributed by atoms with van der Waals surface area (Å²) in [6.07, 6.45) is 3.24. The van der Waals surface area contributed by atoms with Gasteiger partial charge in [0.1, 0.15) is 0 Å². The van der Waals surface area contributed by atoms with E-state index in [4.69, 9.17) is 0 Å². The van der Waals surface area contributed by atoms with Gasteiger partial charge in [0.2, 0.25) is 0 Å². The molecule has 0 N–H and O–H groups in total. The fourth-order valence-electron chi connectivity index (χ4n) is 1.11. The standard InChI is InChI=1S/C11H16Si/c1-12(2)10-8-6-4-3-5-7-9-11-12/h3-5,10-11H2,1-2H3. The third-order valence-corrected chi connectivity index (χ3v) is 4.26. The first-order valence-corrected chi connectivity index (χ1v) is 8.04. The van der Waals surface area contributed by atoms with Gasteiger partial charge < -0.3 is 0 Å². The van der Waals surface area contributed by atoms with E-state index in [0.29, 0.717) is 0 Å². The minimum atomic E-state index is -1.07. The second-order valence-electron chi connectivity index (χ2n) is 4.08. The zero-order valence-electron chi connectivity index (χ0n) is 8.04. The SMILES string of the molecule is C[Si]1(C)CC#CCCCC#CC1. The predicted octanol–water partition coefficient (Wildman–Crippen LogP) is 2.89. The van der Waals surface area contributed by atoms with E-state index >= 15 is 0 Å². The lowest BCUT2D eigenvalue weighted by Gasteiger charge is -2.15. The molecule has 0 aromatic rings. The number of hydrogen-bond donors (Lipinski definition) is 0. The molecule has 1 aliphatic heterocycles. The van der Waals surface area contributed by atoms with Crippen molar-refractivity contribution in [3.8, 4) is 23.7 Å². The molecule has 1 heterocycles. The van der Waals surface area contributed by atoms with Crippen molar-refractivity contribution >= 4 is 8.07 Å². The molecule has 0 bridgehead atoms. The molecule has 0 aromatic heterocycles. The van der Waals surface area contributed by atoms with Gasteiger partial charge in [-0.15, -0.1) is 23.7 Å². The van der Waals surface area contributed by atoms with Gasteiger partial charge >= 0.3 is 0 Å².